The molecule has 4 heteroatoms. The van der Waals surface area contributed by atoms with Crippen molar-refractivity contribution in [2.45, 2.75) is 46.1 Å². The lowest BCUT2D eigenvalue weighted by atomic mass is 10.0. The molecule has 4 nitrogen and oxygen atoms in total. The maximum Gasteiger partial charge on any atom is 0.189 e. The van der Waals surface area contributed by atoms with Crippen LogP contribution in [0.15, 0.2) is 29.3 Å². The Bertz CT molecular complexity index is 447. The second kappa shape index (κ2) is 7.17. The smallest absolute Gasteiger partial charge is 0.189 e. The summed E-state index contributed by atoms with van der Waals surface area (Å²) >= 11 is 0. The predicted octanol–water partition coefficient (Wildman–Crippen LogP) is 2.89. The van der Waals surface area contributed by atoms with E-state index in [0.29, 0.717) is 25.0 Å². The van der Waals surface area contributed by atoms with Crippen molar-refractivity contribution >= 4 is 5.96 Å². The van der Waals surface area contributed by atoms with E-state index in [1.165, 1.54) is 5.56 Å². The number of nitrogens with two attached hydrogens (primary N) is 1. The van der Waals surface area contributed by atoms with Crippen molar-refractivity contribution < 1.29 is 4.74 Å². The molecule has 0 unspecified atom stereocenters. The van der Waals surface area contributed by atoms with Crippen LogP contribution in [0.2, 0.25) is 0 Å². The van der Waals surface area contributed by atoms with Gasteiger partial charge in [-0.2, -0.15) is 0 Å². The van der Waals surface area contributed by atoms with Crippen molar-refractivity contribution in [2.24, 2.45) is 10.7 Å². The Balaban J connectivity index is 2.47. The van der Waals surface area contributed by atoms with Crippen molar-refractivity contribution in [1.82, 2.24) is 5.32 Å². The molecule has 0 bridgehead atoms. The monoisotopic (exact) mass is 277 g/mol. The predicted molar refractivity (Wildman–Crippen MR) is 85.4 cm³/mol. The molecular weight excluding hydrogens is 250 g/mol. The van der Waals surface area contributed by atoms with E-state index in [4.69, 9.17) is 10.5 Å². The molecule has 3 N–H and O–H groups in total. The molecule has 1 aromatic carbocycles. The maximum atomic E-state index is 5.80. The number of nitrogens with zero attached hydrogens (tertiary/aromatic N) is 1. The number of ether oxygens (including phenoxy) is 1. The average Bonchev–Trinajstić information content (AvgIpc) is 2.33. The zero-order valence-electron chi connectivity index (χ0n) is 13.2. The van der Waals surface area contributed by atoms with Crippen molar-refractivity contribution in [1.29, 1.82) is 0 Å². The van der Waals surface area contributed by atoms with E-state index in [9.17, 15) is 0 Å². The minimum Gasteiger partial charge on any atom is -0.491 e. The molecule has 0 saturated heterocycles. The van der Waals surface area contributed by atoms with Gasteiger partial charge in [-0.25, -0.2) is 4.99 Å². The van der Waals surface area contributed by atoms with E-state index in [0.717, 1.165) is 5.75 Å². The summed E-state index contributed by atoms with van der Waals surface area (Å²) < 4.78 is 5.79. The first-order valence-corrected chi connectivity index (χ1v) is 7.09. The largest absolute Gasteiger partial charge is 0.491 e. The fourth-order valence-corrected chi connectivity index (χ4v) is 1.83. The van der Waals surface area contributed by atoms with E-state index in [1.54, 1.807) is 0 Å². The highest BCUT2D eigenvalue weighted by Gasteiger charge is 2.09. The van der Waals surface area contributed by atoms with E-state index in [1.807, 2.05) is 39.0 Å². The molecule has 112 valence electrons. The molecule has 0 spiro atoms. The van der Waals surface area contributed by atoms with Crippen molar-refractivity contribution in [3.63, 3.8) is 0 Å². The quantitative estimate of drug-likeness (QED) is 0.494. The topological polar surface area (TPSA) is 59.6 Å². The van der Waals surface area contributed by atoms with Crippen LogP contribution >= 0.6 is 0 Å². The van der Waals surface area contributed by atoms with Crippen LogP contribution in [0.1, 0.15) is 46.1 Å². The molecule has 0 aliphatic heterocycles. The fourth-order valence-electron chi connectivity index (χ4n) is 1.83. The minimum atomic E-state index is -0.0708. The number of benzene rings is 1. The van der Waals surface area contributed by atoms with Crippen molar-refractivity contribution in [2.75, 3.05) is 13.2 Å². The van der Waals surface area contributed by atoms with Gasteiger partial charge in [0.1, 0.15) is 12.4 Å². The molecule has 0 fully saturated rings. The van der Waals surface area contributed by atoms with Gasteiger partial charge in [0.05, 0.1) is 6.54 Å². The lowest BCUT2D eigenvalue weighted by Gasteiger charge is -2.21. The van der Waals surface area contributed by atoms with Crippen LogP contribution in [-0.2, 0) is 0 Å². The van der Waals surface area contributed by atoms with Gasteiger partial charge in [0.25, 0.3) is 0 Å². The van der Waals surface area contributed by atoms with Gasteiger partial charge in [-0.3, -0.25) is 0 Å². The second-order valence-corrected chi connectivity index (χ2v) is 6.18. The van der Waals surface area contributed by atoms with Crippen LogP contribution < -0.4 is 15.8 Å². The second-order valence-electron chi connectivity index (χ2n) is 6.18. The summed E-state index contributed by atoms with van der Waals surface area (Å²) in [6.45, 7) is 11.5. The first-order valence-electron chi connectivity index (χ1n) is 7.09. The molecule has 0 radical (unpaired) electrons. The highest BCUT2D eigenvalue weighted by atomic mass is 16.5. The first-order chi connectivity index (χ1) is 9.29. The van der Waals surface area contributed by atoms with Crippen LogP contribution in [0.4, 0.5) is 0 Å². The summed E-state index contributed by atoms with van der Waals surface area (Å²) in [5.74, 6) is 1.83. The molecule has 0 heterocycles. The molecule has 20 heavy (non-hydrogen) atoms. The van der Waals surface area contributed by atoms with Gasteiger partial charge in [0, 0.05) is 5.54 Å². The molecule has 1 rings (SSSR count). The number of hydrogen-bond donors (Lipinski definition) is 2. The van der Waals surface area contributed by atoms with Gasteiger partial charge >= 0.3 is 0 Å². The summed E-state index contributed by atoms with van der Waals surface area (Å²) in [6, 6.07) is 8.11. The zero-order chi connectivity index (χ0) is 15.2. The van der Waals surface area contributed by atoms with Crippen LogP contribution in [0, 0.1) is 0 Å². The zero-order valence-corrected chi connectivity index (χ0v) is 13.2. The highest BCUT2D eigenvalue weighted by molar-refractivity contribution is 5.78. The van der Waals surface area contributed by atoms with Crippen molar-refractivity contribution in [3.05, 3.63) is 29.8 Å². The highest BCUT2D eigenvalue weighted by Crippen LogP contribution is 2.25. The summed E-state index contributed by atoms with van der Waals surface area (Å²) in [6.07, 6.45) is 0. The Morgan fingerprint density at radius 2 is 1.95 bits per heavy atom. The first kappa shape index (κ1) is 16.3. The number of guanidine groups is 1. The Morgan fingerprint density at radius 1 is 1.30 bits per heavy atom. The van der Waals surface area contributed by atoms with Crippen LogP contribution in [0.3, 0.4) is 0 Å². The van der Waals surface area contributed by atoms with Gasteiger partial charge in [-0.05, 0) is 38.3 Å². The van der Waals surface area contributed by atoms with Crippen LogP contribution in [-0.4, -0.2) is 24.7 Å². The Hall–Kier alpha value is -1.71. The van der Waals surface area contributed by atoms with Gasteiger partial charge in [-0.15, -0.1) is 0 Å². The summed E-state index contributed by atoms with van der Waals surface area (Å²) in [5, 5.41) is 3.12. The number of nitrogens with one attached hydrogen (secondary N) is 1. The lowest BCUT2D eigenvalue weighted by Crippen LogP contribution is -2.45. The van der Waals surface area contributed by atoms with E-state index in [-0.39, 0.29) is 5.54 Å². The summed E-state index contributed by atoms with van der Waals surface area (Å²) in [7, 11) is 0. The Labute approximate surface area is 122 Å². The number of rotatable bonds is 5. The molecule has 0 saturated carbocycles. The number of hydrogen-bond acceptors (Lipinski definition) is 2. The molecule has 0 aliphatic rings. The normalized spacial score (nSPS) is 12.6. The fraction of sp³-hybridized carbons (Fsp3) is 0.562. The third-order valence-corrected chi connectivity index (χ3v) is 2.68. The van der Waals surface area contributed by atoms with Gasteiger partial charge < -0.3 is 15.8 Å². The van der Waals surface area contributed by atoms with E-state index in [2.05, 4.69) is 30.2 Å². The molecule has 0 atom stereocenters. The van der Waals surface area contributed by atoms with E-state index < -0.39 is 0 Å². The third-order valence-electron chi connectivity index (χ3n) is 2.68. The summed E-state index contributed by atoms with van der Waals surface area (Å²) in [5.41, 5.74) is 6.95. The van der Waals surface area contributed by atoms with Gasteiger partial charge in [-0.1, -0.05) is 32.0 Å². The van der Waals surface area contributed by atoms with Crippen LogP contribution in [0.5, 0.6) is 5.75 Å². The number of para-hydroxylation sites is 1. The van der Waals surface area contributed by atoms with Gasteiger partial charge in [0.2, 0.25) is 0 Å². The third kappa shape index (κ3) is 5.95. The SMILES string of the molecule is CC(C)c1ccccc1OCCN=C(N)NC(C)(C)C. The maximum absolute atomic E-state index is 5.80. The molecule has 0 aliphatic carbocycles. The lowest BCUT2D eigenvalue weighted by molar-refractivity contribution is 0.323. The Morgan fingerprint density at radius 3 is 2.55 bits per heavy atom. The summed E-state index contributed by atoms with van der Waals surface area (Å²) in [4.78, 5) is 4.26. The molecule has 1 aromatic rings. The Kier molecular flexibility index (Phi) is 5.86. The number of aliphatic imine (C=N–C) groups is 1. The van der Waals surface area contributed by atoms with Crippen LogP contribution in [0.25, 0.3) is 0 Å². The van der Waals surface area contributed by atoms with E-state index >= 15 is 0 Å². The molecular formula is C16H27N3O. The standard InChI is InChI=1S/C16H27N3O/c1-12(2)13-8-6-7-9-14(13)20-11-10-18-15(17)19-16(3,4)5/h6-9,12H,10-11H2,1-5H3,(H3,17,18,19). The van der Waals surface area contributed by atoms with Crippen molar-refractivity contribution in [3.8, 4) is 5.75 Å². The molecule has 0 amide bonds. The van der Waals surface area contributed by atoms with Gasteiger partial charge in [0.15, 0.2) is 5.96 Å². The average molecular weight is 277 g/mol. The minimum absolute atomic E-state index is 0.0708. The molecule has 0 aromatic heterocycles.